The average molecular weight is 553 g/mol. The van der Waals surface area contributed by atoms with Gasteiger partial charge in [0.25, 0.3) is 0 Å². The van der Waals surface area contributed by atoms with Crippen LogP contribution in [0.25, 0.3) is 0 Å². The monoisotopic (exact) mass is 553 g/mol. The number of hydrogen-bond donors (Lipinski definition) is 0. The summed E-state index contributed by atoms with van der Waals surface area (Å²) in [5.41, 5.74) is 4.36. The summed E-state index contributed by atoms with van der Waals surface area (Å²) in [6, 6.07) is 15.0. The molecule has 0 radical (unpaired) electrons. The lowest BCUT2D eigenvalue weighted by atomic mass is 9.87. The Bertz CT molecular complexity index is 920. The molecular weight excluding hydrogens is 488 g/mol. The Balaban J connectivity index is 0. The topological polar surface area (TPSA) is 43.6 Å². The normalized spacial score (nSPS) is 11.3. The van der Waals surface area contributed by atoms with E-state index in [0.29, 0.717) is 11.5 Å². The molecule has 3 rings (SSSR count). The van der Waals surface area contributed by atoms with Gasteiger partial charge in [0.05, 0.1) is 5.69 Å². The van der Waals surface area contributed by atoms with Gasteiger partial charge in [0.2, 0.25) is 0 Å². The predicted octanol–water partition coefficient (Wildman–Crippen LogP) is 10.8. The van der Waals surface area contributed by atoms with Crippen molar-refractivity contribution in [2.75, 3.05) is 0 Å². The maximum absolute atomic E-state index is 4.12. The Morgan fingerprint density at radius 1 is 0.575 bits per heavy atom. The lowest BCUT2D eigenvalue weighted by Gasteiger charge is -2.18. The van der Waals surface area contributed by atoms with Crippen molar-refractivity contribution in [3.63, 3.8) is 0 Å². The number of pyridine rings is 1. The van der Waals surface area contributed by atoms with E-state index in [1.807, 2.05) is 23.1 Å². The molecule has 0 atom stereocenters. The van der Waals surface area contributed by atoms with Crippen LogP contribution < -0.4 is 0 Å². The van der Waals surface area contributed by atoms with Gasteiger partial charge in [-0.25, -0.2) is 4.68 Å². The van der Waals surface area contributed by atoms with Crippen molar-refractivity contribution in [3.8, 4) is 0 Å². The third kappa shape index (κ3) is 21.3. The minimum absolute atomic E-state index is 0.104. The quantitative estimate of drug-likeness (QED) is 0.301. The van der Waals surface area contributed by atoms with Crippen LogP contribution in [0.4, 0.5) is 0 Å². The highest BCUT2D eigenvalue weighted by Gasteiger charge is 2.18. The van der Waals surface area contributed by atoms with Crippen molar-refractivity contribution in [1.29, 1.82) is 0 Å². The molecule has 3 aromatic rings. The van der Waals surface area contributed by atoms with Gasteiger partial charge in [-0.3, -0.25) is 4.98 Å². The van der Waals surface area contributed by atoms with E-state index >= 15 is 0 Å². The van der Waals surface area contributed by atoms with Crippen LogP contribution in [-0.4, -0.2) is 20.0 Å². The highest BCUT2D eigenvalue weighted by Crippen LogP contribution is 2.21. The van der Waals surface area contributed by atoms with Crippen LogP contribution in [0.2, 0.25) is 0 Å². The van der Waals surface area contributed by atoms with Gasteiger partial charge in [0.15, 0.2) is 0 Å². The zero-order chi connectivity index (χ0) is 31.7. The molecule has 0 saturated carbocycles. The van der Waals surface area contributed by atoms with E-state index in [-0.39, 0.29) is 10.8 Å². The summed E-state index contributed by atoms with van der Waals surface area (Å²) in [6.07, 6.45) is 5.74. The standard InChI is InChI=1S/C10H14.C9H17N3.C9H13N.2C4H10/c1-10(2,3)9-7-5-4-6-8-9;1-7(2)12-6-8(10-11-12)9(3,4)5;1-9(2,3)8-5-4-6-10-7-8;2*1-4(2)3/h4-8H,1-3H3;6-7H,1-5H3;4-7H,1-3H3;2*4H,1-3H3. The smallest absolute Gasteiger partial charge is 0.0880 e. The summed E-state index contributed by atoms with van der Waals surface area (Å²) >= 11 is 0. The Hall–Kier alpha value is -2.49. The first-order valence-corrected chi connectivity index (χ1v) is 15.0. The van der Waals surface area contributed by atoms with Crippen molar-refractivity contribution in [2.45, 2.75) is 140 Å². The summed E-state index contributed by atoms with van der Waals surface area (Å²) in [4.78, 5) is 4.05. The van der Waals surface area contributed by atoms with E-state index in [0.717, 1.165) is 17.5 Å². The van der Waals surface area contributed by atoms with Crippen molar-refractivity contribution in [3.05, 3.63) is 77.9 Å². The molecule has 0 fully saturated rings. The highest BCUT2D eigenvalue weighted by atomic mass is 15.4. The summed E-state index contributed by atoms with van der Waals surface area (Å²) in [5.74, 6) is 1.67. The van der Waals surface area contributed by atoms with Gasteiger partial charge in [-0.2, -0.15) is 0 Å². The molecule has 2 aromatic heterocycles. The Morgan fingerprint density at radius 2 is 1.00 bits per heavy atom. The van der Waals surface area contributed by atoms with E-state index in [9.17, 15) is 0 Å². The molecule has 4 nitrogen and oxygen atoms in total. The lowest BCUT2D eigenvalue weighted by Crippen LogP contribution is -2.11. The Kier molecular flexibility index (Phi) is 18.6. The van der Waals surface area contributed by atoms with Gasteiger partial charge >= 0.3 is 0 Å². The molecule has 0 aliphatic carbocycles. The van der Waals surface area contributed by atoms with Crippen LogP contribution in [0.1, 0.15) is 141 Å². The minimum atomic E-state index is 0.104. The number of hydrogen-bond acceptors (Lipinski definition) is 3. The maximum atomic E-state index is 4.12. The van der Waals surface area contributed by atoms with Gasteiger partial charge < -0.3 is 0 Å². The van der Waals surface area contributed by atoms with Crippen molar-refractivity contribution in [2.24, 2.45) is 11.8 Å². The van der Waals surface area contributed by atoms with E-state index < -0.39 is 0 Å². The molecular formula is C36H64N4. The summed E-state index contributed by atoms with van der Waals surface area (Å²) in [5, 5.41) is 8.17. The molecule has 0 bridgehead atoms. The molecule has 40 heavy (non-hydrogen) atoms. The fraction of sp³-hybridized carbons (Fsp3) is 0.639. The Labute approximate surface area is 249 Å². The van der Waals surface area contributed by atoms with Crippen LogP contribution in [0.15, 0.2) is 61.1 Å². The second-order valence-corrected chi connectivity index (χ2v) is 15.0. The van der Waals surface area contributed by atoms with Crippen LogP contribution in [0, 0.1) is 11.8 Å². The number of benzene rings is 1. The van der Waals surface area contributed by atoms with Crippen molar-refractivity contribution < 1.29 is 0 Å². The highest BCUT2D eigenvalue weighted by molar-refractivity contribution is 5.22. The van der Waals surface area contributed by atoms with Crippen molar-refractivity contribution in [1.82, 2.24) is 20.0 Å². The van der Waals surface area contributed by atoms with E-state index in [1.54, 1.807) is 6.20 Å². The summed E-state index contributed by atoms with van der Waals surface area (Å²) < 4.78 is 1.89. The molecule has 0 spiro atoms. The molecule has 1 aromatic carbocycles. The molecule has 0 N–H and O–H groups in total. The van der Waals surface area contributed by atoms with Crippen LogP contribution in [0.3, 0.4) is 0 Å². The van der Waals surface area contributed by atoms with Gasteiger partial charge in [0.1, 0.15) is 0 Å². The number of nitrogens with zero attached hydrogens (tertiary/aromatic N) is 4. The average Bonchev–Trinajstić information content (AvgIpc) is 3.31. The molecule has 228 valence electrons. The molecule has 0 aliphatic heterocycles. The third-order valence-corrected chi connectivity index (χ3v) is 4.98. The first-order chi connectivity index (χ1) is 18.1. The number of aromatic nitrogens is 4. The van der Waals surface area contributed by atoms with Crippen molar-refractivity contribution >= 4 is 0 Å². The second kappa shape index (κ2) is 18.8. The first-order valence-electron chi connectivity index (χ1n) is 15.0. The molecule has 0 saturated heterocycles. The molecule has 0 unspecified atom stereocenters. The van der Waals surface area contributed by atoms with E-state index in [4.69, 9.17) is 0 Å². The first kappa shape index (κ1) is 39.7. The van der Waals surface area contributed by atoms with Gasteiger partial charge in [-0.1, -0.05) is 145 Å². The molecule has 2 heterocycles. The largest absolute Gasteiger partial charge is 0.264 e. The molecule has 4 heteroatoms. The third-order valence-electron chi connectivity index (χ3n) is 4.98. The zero-order valence-electron chi connectivity index (χ0n) is 29.3. The fourth-order valence-electron chi connectivity index (χ4n) is 2.62. The van der Waals surface area contributed by atoms with E-state index in [2.05, 4.69) is 169 Å². The fourth-order valence-corrected chi connectivity index (χ4v) is 2.62. The van der Waals surface area contributed by atoms with E-state index in [1.165, 1.54) is 11.1 Å². The second-order valence-electron chi connectivity index (χ2n) is 15.0. The zero-order valence-corrected chi connectivity index (χ0v) is 29.3. The lowest BCUT2D eigenvalue weighted by molar-refractivity contribution is 0.514. The van der Waals surface area contributed by atoms with Gasteiger partial charge in [-0.05, 0) is 53.7 Å². The maximum Gasteiger partial charge on any atom is 0.0880 e. The molecule has 0 amide bonds. The van der Waals surface area contributed by atoms with Gasteiger partial charge in [0, 0.05) is 30.0 Å². The van der Waals surface area contributed by atoms with Crippen LogP contribution >= 0.6 is 0 Å². The number of rotatable bonds is 1. The molecule has 0 aliphatic rings. The summed E-state index contributed by atoms with van der Waals surface area (Å²) in [6.45, 7) is 36.8. The van der Waals surface area contributed by atoms with Crippen LogP contribution in [0.5, 0.6) is 0 Å². The minimum Gasteiger partial charge on any atom is -0.264 e. The predicted molar refractivity (Wildman–Crippen MR) is 178 cm³/mol. The SMILES string of the molecule is CC(C)(C)c1ccccc1.CC(C)(C)c1cccnc1.CC(C)C.CC(C)C.CC(C)n1cc(C(C)(C)C)nn1. The summed E-state index contributed by atoms with van der Waals surface area (Å²) in [7, 11) is 0. The van der Waals surface area contributed by atoms with Crippen LogP contribution in [-0.2, 0) is 16.2 Å². The Morgan fingerprint density at radius 3 is 1.23 bits per heavy atom. The van der Waals surface area contributed by atoms with Gasteiger partial charge in [-0.15, -0.1) is 5.10 Å².